The molecular weight excluding hydrogens is 234 g/mol. The molecule has 4 heteroatoms. The highest BCUT2D eigenvalue weighted by Crippen LogP contribution is 2.25. The van der Waals surface area contributed by atoms with Crippen LogP contribution >= 0.6 is 0 Å². The molecule has 0 atom stereocenters. The van der Waals surface area contributed by atoms with Gasteiger partial charge in [-0.3, -0.25) is 0 Å². The second kappa shape index (κ2) is 6.19. The van der Waals surface area contributed by atoms with Crippen molar-refractivity contribution in [1.29, 1.82) is 0 Å². The molecule has 0 heterocycles. The van der Waals surface area contributed by atoms with Crippen molar-refractivity contribution >= 4 is 9.84 Å². The zero-order valence-corrected chi connectivity index (χ0v) is 11.5. The monoisotopic (exact) mass is 259 g/mol. The van der Waals surface area contributed by atoms with Crippen molar-refractivity contribution in [2.24, 2.45) is 5.92 Å². The molecule has 0 aromatic carbocycles. The molecule has 2 aliphatic rings. The van der Waals surface area contributed by atoms with Gasteiger partial charge >= 0.3 is 0 Å². The lowest BCUT2D eigenvalue weighted by Gasteiger charge is -2.13. The molecule has 17 heavy (non-hydrogen) atoms. The minimum Gasteiger partial charge on any atom is -0.315 e. The van der Waals surface area contributed by atoms with Crippen LogP contribution in [-0.2, 0) is 9.84 Å². The van der Waals surface area contributed by atoms with Crippen LogP contribution in [0.15, 0.2) is 0 Å². The normalized spacial score (nSPS) is 23.5. The fourth-order valence-electron chi connectivity index (χ4n) is 3.15. The molecule has 0 radical (unpaired) electrons. The summed E-state index contributed by atoms with van der Waals surface area (Å²) in [4.78, 5) is 0. The van der Waals surface area contributed by atoms with Crippen molar-refractivity contribution in [2.45, 2.75) is 56.6 Å². The van der Waals surface area contributed by atoms with Crippen molar-refractivity contribution < 1.29 is 8.42 Å². The highest BCUT2D eigenvalue weighted by atomic mass is 32.2. The Bertz CT molecular complexity index is 314. The third-order valence-corrected chi connectivity index (χ3v) is 6.54. The van der Waals surface area contributed by atoms with Gasteiger partial charge in [-0.2, -0.15) is 0 Å². The number of hydrogen-bond donors (Lipinski definition) is 1. The Balaban J connectivity index is 1.63. The van der Waals surface area contributed by atoms with Gasteiger partial charge in [-0.25, -0.2) is 8.42 Å². The summed E-state index contributed by atoms with van der Waals surface area (Å²) >= 11 is 0. The number of rotatable bonds is 6. The fraction of sp³-hybridized carbons (Fsp3) is 1.00. The highest BCUT2D eigenvalue weighted by Gasteiger charge is 2.28. The first-order valence-electron chi connectivity index (χ1n) is 7.11. The molecular formula is C13H25NO2S. The molecule has 3 nitrogen and oxygen atoms in total. The van der Waals surface area contributed by atoms with E-state index in [9.17, 15) is 8.42 Å². The van der Waals surface area contributed by atoms with Gasteiger partial charge in [0.05, 0.1) is 11.0 Å². The molecule has 0 spiro atoms. The molecule has 2 aliphatic carbocycles. The zero-order valence-electron chi connectivity index (χ0n) is 10.7. The predicted molar refractivity (Wildman–Crippen MR) is 70.9 cm³/mol. The molecule has 0 aliphatic heterocycles. The Hall–Kier alpha value is -0.0900. The average Bonchev–Trinajstić information content (AvgIpc) is 2.97. The Morgan fingerprint density at radius 2 is 1.53 bits per heavy atom. The summed E-state index contributed by atoms with van der Waals surface area (Å²) in [5.74, 6) is 1.13. The minimum absolute atomic E-state index is 0.0317. The van der Waals surface area contributed by atoms with E-state index in [1.807, 2.05) is 0 Å². The Labute approximate surface area is 105 Å². The van der Waals surface area contributed by atoms with Crippen LogP contribution in [0.1, 0.15) is 51.4 Å². The molecule has 1 N–H and O–H groups in total. The first-order valence-corrected chi connectivity index (χ1v) is 8.82. The molecule has 0 aromatic heterocycles. The van der Waals surface area contributed by atoms with E-state index in [1.165, 1.54) is 25.7 Å². The van der Waals surface area contributed by atoms with Gasteiger partial charge in [-0.1, -0.05) is 25.7 Å². The van der Waals surface area contributed by atoms with Crippen LogP contribution in [0.3, 0.4) is 0 Å². The van der Waals surface area contributed by atoms with Crippen LogP contribution < -0.4 is 5.32 Å². The molecule has 2 fully saturated rings. The van der Waals surface area contributed by atoms with Crippen molar-refractivity contribution in [3.63, 3.8) is 0 Å². The summed E-state index contributed by atoms with van der Waals surface area (Å²) in [7, 11) is -2.82. The highest BCUT2D eigenvalue weighted by molar-refractivity contribution is 7.92. The van der Waals surface area contributed by atoms with E-state index in [4.69, 9.17) is 0 Å². The van der Waals surface area contributed by atoms with E-state index in [0.717, 1.165) is 38.1 Å². The van der Waals surface area contributed by atoms with Crippen molar-refractivity contribution in [1.82, 2.24) is 5.32 Å². The van der Waals surface area contributed by atoms with Crippen molar-refractivity contribution in [3.8, 4) is 0 Å². The summed E-state index contributed by atoms with van der Waals surface area (Å²) in [5, 5.41) is 3.30. The standard InChI is InChI=1S/C13H25NO2S/c15-17(16,13-7-3-4-8-13)10-9-14-11-12-5-1-2-6-12/h12-14H,1-11H2. The van der Waals surface area contributed by atoms with E-state index in [2.05, 4.69) is 5.32 Å². The van der Waals surface area contributed by atoms with Gasteiger partial charge in [0.1, 0.15) is 0 Å². The van der Waals surface area contributed by atoms with E-state index in [1.54, 1.807) is 0 Å². The van der Waals surface area contributed by atoms with Gasteiger partial charge < -0.3 is 5.32 Å². The summed E-state index contributed by atoms with van der Waals surface area (Å²) in [6, 6.07) is 0. The van der Waals surface area contributed by atoms with Crippen LogP contribution in [-0.4, -0.2) is 32.5 Å². The number of hydrogen-bond acceptors (Lipinski definition) is 3. The maximum Gasteiger partial charge on any atom is 0.154 e. The molecule has 100 valence electrons. The Morgan fingerprint density at radius 3 is 2.18 bits per heavy atom. The van der Waals surface area contributed by atoms with E-state index in [-0.39, 0.29) is 5.25 Å². The lowest BCUT2D eigenvalue weighted by Crippen LogP contribution is -2.31. The third kappa shape index (κ3) is 3.95. The predicted octanol–water partition coefficient (Wildman–Crippen LogP) is 2.12. The van der Waals surface area contributed by atoms with Crippen LogP contribution in [0.25, 0.3) is 0 Å². The summed E-state index contributed by atoms with van der Waals surface area (Å²) in [5.41, 5.74) is 0. The maximum absolute atomic E-state index is 12.0. The number of sulfone groups is 1. The van der Waals surface area contributed by atoms with Gasteiger partial charge in [0.2, 0.25) is 0 Å². The smallest absolute Gasteiger partial charge is 0.154 e. The van der Waals surface area contributed by atoms with Gasteiger partial charge in [-0.15, -0.1) is 0 Å². The van der Waals surface area contributed by atoms with E-state index >= 15 is 0 Å². The van der Waals surface area contributed by atoms with Gasteiger partial charge in [0.15, 0.2) is 9.84 Å². The van der Waals surface area contributed by atoms with Crippen LogP contribution in [0.2, 0.25) is 0 Å². The Kier molecular flexibility index (Phi) is 4.86. The van der Waals surface area contributed by atoms with Gasteiger partial charge in [0.25, 0.3) is 0 Å². The molecule has 0 amide bonds. The third-order valence-electron chi connectivity index (χ3n) is 4.28. The SMILES string of the molecule is O=S(=O)(CCNCC1CCCC1)C1CCCC1. The van der Waals surface area contributed by atoms with Gasteiger partial charge in [0, 0.05) is 6.54 Å². The number of nitrogens with one attached hydrogen (secondary N) is 1. The van der Waals surface area contributed by atoms with Crippen molar-refractivity contribution in [3.05, 3.63) is 0 Å². The van der Waals surface area contributed by atoms with E-state index < -0.39 is 9.84 Å². The summed E-state index contributed by atoms with van der Waals surface area (Å²) < 4.78 is 24.0. The first-order chi connectivity index (χ1) is 8.18. The fourth-order valence-corrected chi connectivity index (χ4v) is 4.96. The van der Waals surface area contributed by atoms with Crippen LogP contribution in [0.5, 0.6) is 0 Å². The molecule has 0 saturated heterocycles. The summed E-state index contributed by atoms with van der Waals surface area (Å²) in [6.45, 7) is 1.66. The maximum atomic E-state index is 12.0. The molecule has 2 rings (SSSR count). The topological polar surface area (TPSA) is 46.2 Å². The first kappa shape index (κ1) is 13.3. The molecule has 0 bridgehead atoms. The Morgan fingerprint density at radius 1 is 0.941 bits per heavy atom. The van der Waals surface area contributed by atoms with Crippen LogP contribution in [0, 0.1) is 5.92 Å². The van der Waals surface area contributed by atoms with E-state index in [0.29, 0.717) is 12.3 Å². The second-order valence-electron chi connectivity index (χ2n) is 5.63. The lowest BCUT2D eigenvalue weighted by atomic mass is 10.1. The van der Waals surface area contributed by atoms with Crippen LogP contribution in [0.4, 0.5) is 0 Å². The van der Waals surface area contributed by atoms with Crippen molar-refractivity contribution in [2.75, 3.05) is 18.8 Å². The lowest BCUT2D eigenvalue weighted by molar-refractivity contribution is 0.496. The van der Waals surface area contributed by atoms with Gasteiger partial charge in [-0.05, 0) is 38.1 Å². The molecule has 2 saturated carbocycles. The molecule has 0 aromatic rings. The zero-order chi connectivity index (χ0) is 12.1. The molecule has 0 unspecified atom stereocenters. The second-order valence-corrected chi connectivity index (χ2v) is 8.03. The largest absolute Gasteiger partial charge is 0.315 e. The average molecular weight is 259 g/mol. The minimum atomic E-state index is -2.82. The quantitative estimate of drug-likeness (QED) is 0.743. The summed E-state index contributed by atoms with van der Waals surface area (Å²) in [6.07, 6.45) is 9.33.